The van der Waals surface area contributed by atoms with Crippen molar-refractivity contribution in [2.75, 3.05) is 5.32 Å². The molecule has 0 aliphatic heterocycles. The quantitative estimate of drug-likeness (QED) is 0.658. The largest absolute Gasteiger partial charge is 0.368 e. The number of nitrogens with one attached hydrogen (secondary N) is 1. The van der Waals surface area contributed by atoms with E-state index in [9.17, 15) is 10.1 Å². The second-order valence-electron chi connectivity index (χ2n) is 4.63. The highest BCUT2D eigenvalue weighted by Crippen LogP contribution is 2.33. The Morgan fingerprint density at radius 3 is 3.00 bits per heavy atom. The van der Waals surface area contributed by atoms with Crippen molar-refractivity contribution in [2.24, 2.45) is 5.92 Å². The van der Waals surface area contributed by atoms with Crippen molar-refractivity contribution in [1.82, 2.24) is 14.6 Å². The highest BCUT2D eigenvalue weighted by molar-refractivity contribution is 5.48. The fourth-order valence-corrected chi connectivity index (χ4v) is 2.01. The first kappa shape index (κ1) is 10.9. The molecule has 0 radical (unpaired) electrons. The van der Waals surface area contributed by atoms with Gasteiger partial charge in [0.05, 0.1) is 0 Å². The molecule has 1 saturated carbocycles. The number of fused-ring (bicyclic) bond motifs is 1. The average Bonchev–Trinajstić information content (AvgIpc) is 3.09. The van der Waals surface area contributed by atoms with E-state index in [0.29, 0.717) is 23.4 Å². The Morgan fingerprint density at radius 1 is 1.56 bits per heavy atom. The van der Waals surface area contributed by atoms with Crippen molar-refractivity contribution in [3.63, 3.8) is 0 Å². The van der Waals surface area contributed by atoms with Gasteiger partial charge in [0.15, 0.2) is 5.82 Å². The number of aromatic nitrogens is 3. The average molecular weight is 247 g/mol. The summed E-state index contributed by atoms with van der Waals surface area (Å²) in [4.78, 5) is 14.3. The summed E-state index contributed by atoms with van der Waals surface area (Å²) in [6, 6.07) is 3.87. The molecule has 1 atom stereocenters. The van der Waals surface area contributed by atoms with Gasteiger partial charge in [-0.15, -0.1) is 0 Å². The van der Waals surface area contributed by atoms with Crippen LogP contribution in [0.25, 0.3) is 5.65 Å². The van der Waals surface area contributed by atoms with Crippen LogP contribution in [0.5, 0.6) is 0 Å². The molecule has 7 nitrogen and oxygen atoms in total. The van der Waals surface area contributed by atoms with Crippen molar-refractivity contribution >= 4 is 17.3 Å². The summed E-state index contributed by atoms with van der Waals surface area (Å²) >= 11 is 0. The van der Waals surface area contributed by atoms with E-state index >= 15 is 0 Å². The lowest BCUT2D eigenvalue weighted by Gasteiger charge is -2.11. The van der Waals surface area contributed by atoms with Crippen LogP contribution in [0.1, 0.15) is 19.8 Å². The molecule has 1 fully saturated rings. The van der Waals surface area contributed by atoms with Gasteiger partial charge in [-0.3, -0.25) is 0 Å². The van der Waals surface area contributed by atoms with Crippen LogP contribution < -0.4 is 5.32 Å². The van der Waals surface area contributed by atoms with Gasteiger partial charge in [-0.2, -0.15) is 0 Å². The van der Waals surface area contributed by atoms with Crippen molar-refractivity contribution in [2.45, 2.75) is 25.8 Å². The molecule has 3 rings (SSSR count). The molecule has 1 aliphatic carbocycles. The molecule has 0 aromatic carbocycles. The number of anilines is 1. The minimum Gasteiger partial charge on any atom is -0.364 e. The SMILES string of the molecule is CC(Nc1ccc2ncc([N+](=O)[O-])n2n1)C1CC1. The number of nitro groups is 1. The first-order valence-electron chi connectivity index (χ1n) is 5.91. The van der Waals surface area contributed by atoms with E-state index in [1.165, 1.54) is 23.6 Å². The van der Waals surface area contributed by atoms with Gasteiger partial charge in [-0.1, -0.05) is 9.61 Å². The molecular formula is C11H13N5O2. The molecular weight excluding hydrogens is 234 g/mol. The number of imidazole rings is 1. The van der Waals surface area contributed by atoms with Crippen LogP contribution in [-0.4, -0.2) is 25.6 Å². The van der Waals surface area contributed by atoms with E-state index in [4.69, 9.17) is 0 Å². The van der Waals surface area contributed by atoms with E-state index in [2.05, 4.69) is 22.3 Å². The molecule has 2 aromatic heterocycles. The van der Waals surface area contributed by atoms with Gasteiger partial charge in [0.1, 0.15) is 6.20 Å². The summed E-state index contributed by atoms with van der Waals surface area (Å²) in [6.07, 6.45) is 3.69. The van der Waals surface area contributed by atoms with Crippen LogP contribution in [0.3, 0.4) is 0 Å². The number of hydrogen-bond acceptors (Lipinski definition) is 5. The fraction of sp³-hybridized carbons (Fsp3) is 0.455. The molecule has 94 valence electrons. The minimum absolute atomic E-state index is 0.118. The van der Waals surface area contributed by atoms with Crippen molar-refractivity contribution in [3.8, 4) is 0 Å². The first-order chi connectivity index (χ1) is 8.65. The molecule has 2 aromatic rings. The van der Waals surface area contributed by atoms with Crippen LogP contribution in [0, 0.1) is 16.0 Å². The molecule has 1 unspecified atom stereocenters. The summed E-state index contributed by atoms with van der Waals surface area (Å²) < 4.78 is 1.25. The maximum Gasteiger partial charge on any atom is 0.368 e. The van der Waals surface area contributed by atoms with Gasteiger partial charge < -0.3 is 15.4 Å². The summed E-state index contributed by atoms with van der Waals surface area (Å²) in [5, 5.41) is 18.3. The second kappa shape index (κ2) is 3.94. The summed E-state index contributed by atoms with van der Waals surface area (Å²) in [5.74, 6) is 1.22. The minimum atomic E-state index is -0.485. The lowest BCUT2D eigenvalue weighted by Crippen LogP contribution is -2.18. The standard InChI is InChI=1S/C11H13N5O2/c1-7(8-2-3-8)13-9-4-5-10-12-6-11(16(17)18)15(10)14-9/h4-8H,2-3H2,1H3,(H,13,14). The Balaban J connectivity index is 1.93. The van der Waals surface area contributed by atoms with Crippen LogP contribution >= 0.6 is 0 Å². The van der Waals surface area contributed by atoms with E-state index in [1.807, 2.05) is 0 Å². The highest BCUT2D eigenvalue weighted by atomic mass is 16.6. The van der Waals surface area contributed by atoms with Crippen molar-refractivity contribution in [3.05, 3.63) is 28.4 Å². The Kier molecular flexibility index (Phi) is 2.39. The van der Waals surface area contributed by atoms with Crippen LogP contribution in [0.15, 0.2) is 18.3 Å². The maximum absolute atomic E-state index is 10.8. The van der Waals surface area contributed by atoms with Crippen LogP contribution in [-0.2, 0) is 0 Å². The summed E-state index contributed by atoms with van der Waals surface area (Å²) in [6.45, 7) is 2.10. The van der Waals surface area contributed by atoms with E-state index in [-0.39, 0.29) is 5.82 Å². The van der Waals surface area contributed by atoms with Crippen molar-refractivity contribution < 1.29 is 4.92 Å². The Labute approximate surface area is 103 Å². The predicted molar refractivity (Wildman–Crippen MR) is 65.5 cm³/mol. The first-order valence-corrected chi connectivity index (χ1v) is 5.91. The van der Waals surface area contributed by atoms with Crippen LogP contribution in [0.2, 0.25) is 0 Å². The summed E-state index contributed by atoms with van der Waals surface area (Å²) in [5.41, 5.74) is 0.478. The Bertz CT molecular complexity index is 604. The van der Waals surface area contributed by atoms with Crippen LogP contribution in [0.4, 0.5) is 11.6 Å². The maximum atomic E-state index is 10.8. The molecule has 0 spiro atoms. The smallest absolute Gasteiger partial charge is 0.364 e. The third-order valence-corrected chi connectivity index (χ3v) is 3.24. The van der Waals surface area contributed by atoms with E-state index < -0.39 is 4.92 Å². The zero-order valence-corrected chi connectivity index (χ0v) is 9.91. The topological polar surface area (TPSA) is 85.4 Å². The van der Waals surface area contributed by atoms with Crippen molar-refractivity contribution in [1.29, 1.82) is 0 Å². The Hall–Kier alpha value is -2.18. The van der Waals surface area contributed by atoms with Gasteiger partial charge in [0.25, 0.3) is 0 Å². The molecule has 1 N–H and O–H groups in total. The number of hydrogen-bond donors (Lipinski definition) is 1. The van der Waals surface area contributed by atoms with Gasteiger partial charge in [-0.05, 0) is 36.7 Å². The number of nitrogens with zero attached hydrogens (tertiary/aromatic N) is 4. The van der Waals surface area contributed by atoms with Gasteiger partial charge in [0.2, 0.25) is 5.65 Å². The zero-order valence-electron chi connectivity index (χ0n) is 9.91. The monoisotopic (exact) mass is 247 g/mol. The molecule has 0 amide bonds. The summed E-state index contributed by atoms with van der Waals surface area (Å²) in [7, 11) is 0. The van der Waals surface area contributed by atoms with E-state index in [0.717, 1.165) is 0 Å². The Morgan fingerprint density at radius 2 is 2.33 bits per heavy atom. The molecule has 0 bridgehead atoms. The molecule has 1 aliphatic rings. The number of rotatable bonds is 4. The zero-order chi connectivity index (χ0) is 12.7. The third kappa shape index (κ3) is 1.87. The molecule has 0 saturated heterocycles. The lowest BCUT2D eigenvalue weighted by molar-refractivity contribution is -0.391. The second-order valence-corrected chi connectivity index (χ2v) is 4.63. The third-order valence-electron chi connectivity index (χ3n) is 3.24. The highest BCUT2D eigenvalue weighted by Gasteiger charge is 2.28. The van der Waals surface area contributed by atoms with Gasteiger partial charge in [-0.25, -0.2) is 4.98 Å². The molecule has 18 heavy (non-hydrogen) atoms. The van der Waals surface area contributed by atoms with Gasteiger partial charge in [0, 0.05) is 12.1 Å². The normalized spacial score (nSPS) is 16.7. The fourth-order valence-electron chi connectivity index (χ4n) is 2.01. The predicted octanol–water partition coefficient (Wildman–Crippen LogP) is 1.85. The molecule has 7 heteroatoms. The molecule has 2 heterocycles. The lowest BCUT2D eigenvalue weighted by atomic mass is 10.2. The van der Waals surface area contributed by atoms with E-state index in [1.54, 1.807) is 12.1 Å². The van der Waals surface area contributed by atoms with Gasteiger partial charge >= 0.3 is 5.82 Å².